The number of thioether (sulfide) groups is 1. The minimum absolute atomic E-state index is 0.777. The molecule has 4 nitrogen and oxygen atoms in total. The summed E-state index contributed by atoms with van der Waals surface area (Å²) in [6.45, 7) is 1.81. The average Bonchev–Trinajstić information content (AvgIpc) is 2.73. The van der Waals surface area contributed by atoms with Crippen LogP contribution in [0.25, 0.3) is 5.65 Å². The molecule has 2 aromatic rings. The summed E-state index contributed by atoms with van der Waals surface area (Å²) < 4.78 is 2.02. The van der Waals surface area contributed by atoms with Crippen LogP contribution in [0.2, 0.25) is 0 Å². The highest BCUT2D eigenvalue weighted by molar-refractivity contribution is 7.98. The Balaban J connectivity index is 1.89. The molecule has 0 aliphatic carbocycles. The molecule has 0 bridgehead atoms. The molecule has 0 fully saturated rings. The highest BCUT2D eigenvalue weighted by Crippen LogP contribution is 2.02. The van der Waals surface area contributed by atoms with E-state index in [1.165, 1.54) is 12.2 Å². The van der Waals surface area contributed by atoms with Gasteiger partial charge in [-0.25, -0.2) is 0 Å². The molecule has 0 radical (unpaired) electrons. The Hall–Kier alpha value is -1.07. The van der Waals surface area contributed by atoms with Gasteiger partial charge in [-0.1, -0.05) is 6.07 Å². The Morgan fingerprint density at radius 1 is 1.38 bits per heavy atom. The summed E-state index contributed by atoms with van der Waals surface area (Å²) >= 11 is 1.88. The number of aromatic nitrogens is 3. The van der Waals surface area contributed by atoms with Crippen molar-refractivity contribution in [3.8, 4) is 0 Å². The molecule has 0 aliphatic rings. The third-order valence-electron chi connectivity index (χ3n) is 2.37. The summed E-state index contributed by atoms with van der Waals surface area (Å²) in [5.41, 5.74) is 0.906. The molecule has 0 aliphatic heterocycles. The molecular formula is C11H16N4S. The van der Waals surface area contributed by atoms with Gasteiger partial charge >= 0.3 is 0 Å². The zero-order chi connectivity index (χ0) is 11.2. The van der Waals surface area contributed by atoms with Crippen LogP contribution in [-0.4, -0.2) is 33.2 Å². The van der Waals surface area contributed by atoms with E-state index in [1.807, 2.05) is 40.6 Å². The molecule has 86 valence electrons. The molecule has 0 saturated carbocycles. The first kappa shape index (κ1) is 11.4. The second-order valence-corrected chi connectivity index (χ2v) is 4.55. The standard InChI is InChI=1S/C11H16N4S/c1-16-8-4-6-12-9-11-14-13-10-5-2-3-7-15(10)11/h2-3,5,7,12H,4,6,8-9H2,1H3. The van der Waals surface area contributed by atoms with Crippen molar-refractivity contribution in [2.45, 2.75) is 13.0 Å². The van der Waals surface area contributed by atoms with Crippen molar-refractivity contribution in [3.05, 3.63) is 30.2 Å². The van der Waals surface area contributed by atoms with Crippen LogP contribution < -0.4 is 5.32 Å². The molecule has 1 N–H and O–H groups in total. The van der Waals surface area contributed by atoms with Gasteiger partial charge in [-0.05, 0) is 37.1 Å². The number of hydrogen-bond donors (Lipinski definition) is 1. The van der Waals surface area contributed by atoms with Gasteiger partial charge in [0.25, 0.3) is 0 Å². The van der Waals surface area contributed by atoms with E-state index in [2.05, 4.69) is 21.8 Å². The predicted octanol–water partition coefficient (Wildman–Crippen LogP) is 1.57. The second-order valence-electron chi connectivity index (χ2n) is 3.57. The molecule has 0 saturated heterocycles. The Morgan fingerprint density at radius 3 is 3.19 bits per heavy atom. The van der Waals surface area contributed by atoms with Crippen molar-refractivity contribution < 1.29 is 0 Å². The molecule has 0 unspecified atom stereocenters. The van der Waals surface area contributed by atoms with E-state index in [9.17, 15) is 0 Å². The molecule has 2 heterocycles. The number of hydrogen-bond acceptors (Lipinski definition) is 4. The zero-order valence-corrected chi connectivity index (χ0v) is 10.2. The van der Waals surface area contributed by atoms with Gasteiger partial charge in [-0.2, -0.15) is 11.8 Å². The first-order chi connectivity index (χ1) is 7.92. The van der Waals surface area contributed by atoms with Crippen LogP contribution >= 0.6 is 11.8 Å². The largest absolute Gasteiger partial charge is 0.310 e. The fourth-order valence-corrected chi connectivity index (χ4v) is 1.99. The number of fused-ring (bicyclic) bond motifs is 1. The maximum atomic E-state index is 4.16. The smallest absolute Gasteiger partial charge is 0.160 e. The number of pyridine rings is 1. The third kappa shape index (κ3) is 2.74. The van der Waals surface area contributed by atoms with Gasteiger partial charge < -0.3 is 5.32 Å². The Bertz CT molecular complexity index is 440. The molecule has 2 aromatic heterocycles. The van der Waals surface area contributed by atoms with Crippen LogP contribution in [0, 0.1) is 0 Å². The molecule has 0 aromatic carbocycles. The maximum Gasteiger partial charge on any atom is 0.160 e. The van der Waals surface area contributed by atoms with Crippen molar-refractivity contribution in [1.82, 2.24) is 19.9 Å². The number of nitrogens with one attached hydrogen (secondary N) is 1. The van der Waals surface area contributed by atoms with Crippen molar-refractivity contribution in [1.29, 1.82) is 0 Å². The summed E-state index contributed by atoms with van der Waals surface area (Å²) in [6.07, 6.45) is 5.32. The SMILES string of the molecule is CSCCCNCc1nnc2ccccn12. The van der Waals surface area contributed by atoms with E-state index in [-0.39, 0.29) is 0 Å². The van der Waals surface area contributed by atoms with E-state index in [0.29, 0.717) is 0 Å². The Morgan fingerprint density at radius 2 is 2.31 bits per heavy atom. The quantitative estimate of drug-likeness (QED) is 0.773. The van der Waals surface area contributed by atoms with Crippen LogP contribution in [0.1, 0.15) is 12.2 Å². The molecule has 16 heavy (non-hydrogen) atoms. The lowest BCUT2D eigenvalue weighted by atomic mass is 10.4. The van der Waals surface area contributed by atoms with E-state index < -0.39 is 0 Å². The van der Waals surface area contributed by atoms with Crippen LogP contribution in [0.5, 0.6) is 0 Å². The fraction of sp³-hybridized carbons (Fsp3) is 0.455. The normalized spacial score (nSPS) is 11.1. The van der Waals surface area contributed by atoms with Gasteiger partial charge in [0.15, 0.2) is 11.5 Å². The summed E-state index contributed by atoms with van der Waals surface area (Å²) in [5, 5.41) is 11.6. The van der Waals surface area contributed by atoms with Gasteiger partial charge in [-0.15, -0.1) is 10.2 Å². The molecule has 2 rings (SSSR count). The molecule has 0 spiro atoms. The van der Waals surface area contributed by atoms with Gasteiger partial charge in [0.1, 0.15) is 0 Å². The highest BCUT2D eigenvalue weighted by Gasteiger charge is 2.02. The minimum Gasteiger partial charge on any atom is -0.310 e. The summed E-state index contributed by atoms with van der Waals surface area (Å²) in [5.74, 6) is 2.17. The lowest BCUT2D eigenvalue weighted by Gasteiger charge is -2.02. The van der Waals surface area contributed by atoms with Gasteiger partial charge in [0.05, 0.1) is 6.54 Å². The summed E-state index contributed by atoms with van der Waals surface area (Å²) in [6, 6.07) is 5.93. The van der Waals surface area contributed by atoms with E-state index in [1.54, 1.807) is 0 Å². The lowest BCUT2D eigenvalue weighted by Crippen LogP contribution is -2.17. The monoisotopic (exact) mass is 236 g/mol. The van der Waals surface area contributed by atoms with Crippen molar-refractivity contribution in [2.75, 3.05) is 18.6 Å². The molecule has 0 amide bonds. The van der Waals surface area contributed by atoms with E-state index in [0.717, 1.165) is 24.6 Å². The lowest BCUT2D eigenvalue weighted by molar-refractivity contribution is 0.648. The number of nitrogens with zero attached hydrogens (tertiary/aromatic N) is 3. The third-order valence-corrected chi connectivity index (χ3v) is 3.07. The molecule has 5 heteroatoms. The zero-order valence-electron chi connectivity index (χ0n) is 9.39. The van der Waals surface area contributed by atoms with E-state index in [4.69, 9.17) is 0 Å². The highest BCUT2D eigenvalue weighted by atomic mass is 32.2. The summed E-state index contributed by atoms with van der Waals surface area (Å²) in [4.78, 5) is 0. The van der Waals surface area contributed by atoms with Crippen LogP contribution in [0.15, 0.2) is 24.4 Å². The van der Waals surface area contributed by atoms with E-state index >= 15 is 0 Å². The fourth-order valence-electron chi connectivity index (χ4n) is 1.55. The molecular weight excluding hydrogens is 220 g/mol. The topological polar surface area (TPSA) is 42.2 Å². The summed E-state index contributed by atoms with van der Waals surface area (Å²) in [7, 11) is 0. The number of rotatable bonds is 6. The van der Waals surface area contributed by atoms with Gasteiger partial charge in [0.2, 0.25) is 0 Å². The van der Waals surface area contributed by atoms with Gasteiger partial charge in [-0.3, -0.25) is 4.40 Å². The van der Waals surface area contributed by atoms with Crippen molar-refractivity contribution in [3.63, 3.8) is 0 Å². The Kier molecular flexibility index (Phi) is 4.18. The first-order valence-corrected chi connectivity index (χ1v) is 6.79. The predicted molar refractivity (Wildman–Crippen MR) is 67.7 cm³/mol. The average molecular weight is 236 g/mol. The van der Waals surface area contributed by atoms with Crippen LogP contribution in [0.4, 0.5) is 0 Å². The van der Waals surface area contributed by atoms with Gasteiger partial charge in [0, 0.05) is 6.20 Å². The van der Waals surface area contributed by atoms with Crippen LogP contribution in [-0.2, 0) is 6.54 Å². The van der Waals surface area contributed by atoms with Crippen molar-refractivity contribution in [2.24, 2.45) is 0 Å². The Labute approximate surface area is 99.5 Å². The van der Waals surface area contributed by atoms with Crippen molar-refractivity contribution >= 4 is 17.4 Å². The second kappa shape index (κ2) is 5.86. The first-order valence-electron chi connectivity index (χ1n) is 5.40. The minimum atomic E-state index is 0.777. The molecule has 0 atom stereocenters. The van der Waals surface area contributed by atoms with Crippen LogP contribution in [0.3, 0.4) is 0 Å². The maximum absolute atomic E-state index is 4.16.